The molecule has 0 saturated heterocycles. The smallest absolute Gasteiger partial charge is 0.312 e. The second kappa shape index (κ2) is 45.6. The van der Waals surface area contributed by atoms with Gasteiger partial charge in [-0.05, 0) is 132 Å². The van der Waals surface area contributed by atoms with E-state index in [0.29, 0.717) is 61.4 Å². The van der Waals surface area contributed by atoms with Gasteiger partial charge in [0.05, 0.1) is 62.0 Å². The van der Waals surface area contributed by atoms with Crippen LogP contribution in [0.2, 0.25) is 0 Å². The first-order valence-electron chi connectivity index (χ1n) is 25.0. The first-order valence-corrected chi connectivity index (χ1v) is 25.0. The Balaban J connectivity index is -0.000000205. The Kier molecular flexibility index (Phi) is 51.8. The third kappa shape index (κ3) is 44.6. The molecule has 382 valence electrons. The fourth-order valence-corrected chi connectivity index (χ4v) is 5.28. The predicted molar refractivity (Wildman–Crippen MR) is 257 cm³/mol. The van der Waals surface area contributed by atoms with Gasteiger partial charge in [-0.15, -0.1) is 0 Å². The summed E-state index contributed by atoms with van der Waals surface area (Å²) in [6.07, 6.45) is 17.3. The SMILES string of the molecule is CC1CC(F)(F)C(F)(F)C1C.CCC(C)OC(C)C.CCC(C)OC1CCCCC1.CCC(C)OCC(C)C.CCC(C)OCCO.CCCOC(C)CC.CCOC(C)CC. The summed E-state index contributed by atoms with van der Waals surface area (Å²) in [4.78, 5) is 0. The van der Waals surface area contributed by atoms with Crippen LogP contribution in [0.4, 0.5) is 17.6 Å². The number of halogens is 4. The lowest BCUT2D eigenvalue weighted by molar-refractivity contribution is -0.202. The van der Waals surface area contributed by atoms with E-state index in [1.165, 1.54) is 46.0 Å². The highest BCUT2D eigenvalue weighted by Crippen LogP contribution is 2.53. The second-order valence-corrected chi connectivity index (χ2v) is 17.8. The van der Waals surface area contributed by atoms with Gasteiger partial charge in [-0.3, -0.25) is 0 Å². The molecular weight excluding hydrogens is 801 g/mol. The van der Waals surface area contributed by atoms with Crippen molar-refractivity contribution in [1.29, 1.82) is 0 Å². The van der Waals surface area contributed by atoms with Gasteiger partial charge in [0.1, 0.15) is 0 Å². The summed E-state index contributed by atoms with van der Waals surface area (Å²) >= 11 is 0. The number of ether oxygens (including phenoxy) is 6. The zero-order valence-electron chi connectivity index (χ0n) is 44.5. The van der Waals surface area contributed by atoms with E-state index in [1.54, 1.807) is 0 Å². The topological polar surface area (TPSA) is 75.6 Å². The van der Waals surface area contributed by atoms with Crippen molar-refractivity contribution in [2.24, 2.45) is 17.8 Å². The van der Waals surface area contributed by atoms with E-state index in [4.69, 9.17) is 33.5 Å². The first kappa shape index (κ1) is 70.5. The lowest BCUT2D eigenvalue weighted by atomic mass is 9.97. The highest BCUT2D eigenvalue weighted by atomic mass is 19.3. The summed E-state index contributed by atoms with van der Waals surface area (Å²) in [5.41, 5.74) is 0. The average Bonchev–Trinajstić information content (AvgIpc) is 3.38. The summed E-state index contributed by atoms with van der Waals surface area (Å²) < 4.78 is 82.5. The average molecular weight is 909 g/mol. The monoisotopic (exact) mass is 909 g/mol. The maximum atomic E-state index is 12.6. The molecular formula is C51H108F4O7. The highest BCUT2D eigenvalue weighted by Gasteiger charge is 2.66. The van der Waals surface area contributed by atoms with Crippen LogP contribution in [-0.4, -0.2) is 98.8 Å². The molecule has 0 amide bonds. The van der Waals surface area contributed by atoms with Crippen LogP contribution in [0.1, 0.15) is 222 Å². The molecule has 0 aromatic carbocycles. The largest absolute Gasteiger partial charge is 0.394 e. The Labute approximate surface area is 383 Å². The van der Waals surface area contributed by atoms with Gasteiger partial charge in [0.2, 0.25) is 0 Å². The summed E-state index contributed by atoms with van der Waals surface area (Å²) in [5.74, 6) is -8.75. The van der Waals surface area contributed by atoms with Crippen molar-refractivity contribution < 1.29 is 51.1 Å². The number of rotatable bonds is 21. The number of hydrogen-bond donors (Lipinski definition) is 1. The molecule has 2 aliphatic rings. The fourth-order valence-electron chi connectivity index (χ4n) is 5.28. The molecule has 0 spiro atoms. The van der Waals surface area contributed by atoms with Crippen LogP contribution in [-0.2, 0) is 28.4 Å². The molecule has 2 saturated carbocycles. The minimum absolute atomic E-state index is 0.129. The molecule has 2 fully saturated rings. The molecule has 0 heterocycles. The standard InChI is InChI=1S/C10H20O.C8H18O.C7H10F4.2C7H16O.C6H14O2.C6H14O/c1-3-9(2)11-10-7-5-4-6-8-10;1-5-8(4)9-6-7(2)3;1-4-3-6(8,9)7(10,11)5(4)2;1-5-7(4)8-6(2)3;1-4-6-8-7(3)5-2;1-3-6(2)8-5-4-7;1-4-6(3)7-5-2/h9-10H,3-8H2,1-2H3;7-8H,5-6H2,1-4H3;4-5H,3H2,1-2H3;6-7H,5H2,1-4H3;7H,4-6H2,1-3H3;6-7H,3-5H2,1-2H3;6H,4-5H2,1-3H3. The normalized spacial score (nSPS) is 20.6. The van der Waals surface area contributed by atoms with Crippen molar-refractivity contribution in [3.63, 3.8) is 0 Å². The van der Waals surface area contributed by atoms with E-state index in [0.717, 1.165) is 64.8 Å². The maximum Gasteiger partial charge on any atom is 0.312 e. The Morgan fingerprint density at radius 2 is 0.968 bits per heavy atom. The van der Waals surface area contributed by atoms with Crippen LogP contribution in [0.25, 0.3) is 0 Å². The first-order chi connectivity index (χ1) is 28.9. The van der Waals surface area contributed by atoms with Gasteiger partial charge in [0.15, 0.2) is 0 Å². The molecule has 0 aromatic rings. The Morgan fingerprint density at radius 3 is 1.24 bits per heavy atom. The van der Waals surface area contributed by atoms with Crippen LogP contribution in [0.15, 0.2) is 0 Å². The van der Waals surface area contributed by atoms with E-state index < -0.39 is 30.1 Å². The minimum Gasteiger partial charge on any atom is -0.394 e. The van der Waals surface area contributed by atoms with E-state index in [2.05, 4.69) is 111 Å². The van der Waals surface area contributed by atoms with Gasteiger partial charge >= 0.3 is 11.8 Å². The fraction of sp³-hybridized carbons (Fsp3) is 1.00. The Morgan fingerprint density at radius 1 is 0.548 bits per heavy atom. The Bertz CT molecular complexity index is 863. The number of aliphatic hydroxyl groups excluding tert-OH is 1. The van der Waals surface area contributed by atoms with Crippen molar-refractivity contribution in [3.05, 3.63) is 0 Å². The maximum absolute atomic E-state index is 12.6. The van der Waals surface area contributed by atoms with Gasteiger partial charge in [0, 0.05) is 32.2 Å². The minimum atomic E-state index is -3.81. The second-order valence-electron chi connectivity index (χ2n) is 17.8. The van der Waals surface area contributed by atoms with Gasteiger partial charge in [-0.2, -0.15) is 17.6 Å². The van der Waals surface area contributed by atoms with Crippen LogP contribution in [0, 0.1) is 17.8 Å². The van der Waals surface area contributed by atoms with Crippen molar-refractivity contribution in [3.8, 4) is 0 Å². The molecule has 2 aliphatic carbocycles. The zero-order chi connectivity index (χ0) is 49.3. The van der Waals surface area contributed by atoms with Crippen LogP contribution >= 0.6 is 0 Å². The van der Waals surface area contributed by atoms with Crippen LogP contribution in [0.3, 0.4) is 0 Å². The molecule has 7 nitrogen and oxygen atoms in total. The molecule has 0 aliphatic heterocycles. The van der Waals surface area contributed by atoms with Gasteiger partial charge in [-0.25, -0.2) is 0 Å². The highest BCUT2D eigenvalue weighted by molar-refractivity contribution is 4.99. The van der Waals surface area contributed by atoms with Gasteiger partial charge in [-0.1, -0.05) is 95.4 Å². The zero-order valence-corrected chi connectivity index (χ0v) is 44.5. The molecule has 0 radical (unpaired) electrons. The van der Waals surface area contributed by atoms with Crippen molar-refractivity contribution in [1.82, 2.24) is 0 Å². The van der Waals surface area contributed by atoms with Crippen molar-refractivity contribution >= 4 is 0 Å². The van der Waals surface area contributed by atoms with Crippen LogP contribution in [0.5, 0.6) is 0 Å². The number of hydrogen-bond acceptors (Lipinski definition) is 7. The van der Waals surface area contributed by atoms with E-state index in [9.17, 15) is 17.6 Å². The van der Waals surface area contributed by atoms with E-state index in [-0.39, 0.29) is 6.61 Å². The lowest BCUT2D eigenvalue weighted by Gasteiger charge is -2.25. The summed E-state index contributed by atoms with van der Waals surface area (Å²) in [6, 6.07) is 0. The molecule has 0 bridgehead atoms. The third-order valence-electron chi connectivity index (χ3n) is 10.7. The van der Waals surface area contributed by atoms with E-state index in [1.807, 2.05) is 13.8 Å². The molecule has 0 aromatic heterocycles. The molecule has 1 N–H and O–H groups in total. The van der Waals surface area contributed by atoms with Gasteiger partial charge in [0.25, 0.3) is 0 Å². The molecule has 62 heavy (non-hydrogen) atoms. The van der Waals surface area contributed by atoms with Crippen molar-refractivity contribution in [2.45, 2.75) is 283 Å². The number of alkyl halides is 4. The lowest BCUT2D eigenvalue weighted by Crippen LogP contribution is -2.38. The Hall–Kier alpha value is -0.560. The third-order valence-corrected chi connectivity index (χ3v) is 10.7. The molecule has 8 unspecified atom stereocenters. The van der Waals surface area contributed by atoms with E-state index >= 15 is 0 Å². The van der Waals surface area contributed by atoms with Gasteiger partial charge < -0.3 is 33.5 Å². The molecule has 2 rings (SSSR count). The molecule has 11 heteroatoms. The summed E-state index contributed by atoms with van der Waals surface area (Å²) in [7, 11) is 0. The molecule has 8 atom stereocenters. The summed E-state index contributed by atoms with van der Waals surface area (Å²) in [5, 5.41) is 8.29. The van der Waals surface area contributed by atoms with Crippen LogP contribution < -0.4 is 0 Å². The number of aliphatic hydroxyl groups is 1. The summed E-state index contributed by atoms with van der Waals surface area (Å²) in [6.45, 7) is 43.8. The quantitative estimate of drug-likeness (QED) is 0.115. The van der Waals surface area contributed by atoms with Crippen molar-refractivity contribution in [2.75, 3.05) is 33.0 Å². The predicted octanol–water partition coefficient (Wildman–Crippen LogP) is 15.6.